The van der Waals surface area contributed by atoms with Crippen molar-refractivity contribution in [3.8, 4) is 6.07 Å². The number of carbonyl (C=O) groups excluding carboxylic acids is 1. The molecule has 0 bridgehead atoms. The molecule has 0 unspecified atom stereocenters. The van der Waals surface area contributed by atoms with E-state index in [2.05, 4.69) is 11.4 Å². The summed E-state index contributed by atoms with van der Waals surface area (Å²) in [6.45, 7) is 2.92. The van der Waals surface area contributed by atoms with Crippen LogP contribution in [0.5, 0.6) is 0 Å². The molecular weight excluding hydrogens is 228 g/mol. The molecule has 0 spiro atoms. The molecule has 4 nitrogen and oxygen atoms in total. The maximum atomic E-state index is 12.2. The van der Waals surface area contributed by atoms with Crippen molar-refractivity contribution >= 4 is 5.91 Å². The average Bonchev–Trinajstić information content (AvgIpc) is 2.40. The van der Waals surface area contributed by atoms with Gasteiger partial charge in [0.1, 0.15) is 5.54 Å². The second kappa shape index (κ2) is 5.19. The summed E-state index contributed by atoms with van der Waals surface area (Å²) >= 11 is 0. The smallest absolute Gasteiger partial charge is 0.252 e. The van der Waals surface area contributed by atoms with E-state index in [0.29, 0.717) is 31.6 Å². The highest BCUT2D eigenvalue weighted by Crippen LogP contribution is 2.20. The molecule has 0 aliphatic carbocycles. The molecule has 1 saturated heterocycles. The fourth-order valence-electron chi connectivity index (χ4n) is 2.10. The van der Waals surface area contributed by atoms with Crippen LogP contribution in [0.15, 0.2) is 24.3 Å². The second-order valence-electron chi connectivity index (χ2n) is 4.58. The quantitative estimate of drug-likeness (QED) is 0.862. The van der Waals surface area contributed by atoms with Gasteiger partial charge in [-0.15, -0.1) is 0 Å². The SMILES string of the molecule is Cc1ccccc1C(=O)NC1(C#N)CCOCC1. The van der Waals surface area contributed by atoms with Crippen LogP contribution in [0.4, 0.5) is 0 Å². The molecule has 1 aromatic carbocycles. The van der Waals surface area contributed by atoms with Gasteiger partial charge in [-0.3, -0.25) is 4.79 Å². The Labute approximate surface area is 107 Å². The van der Waals surface area contributed by atoms with E-state index < -0.39 is 5.54 Å². The number of hydrogen-bond acceptors (Lipinski definition) is 3. The molecule has 0 saturated carbocycles. The van der Waals surface area contributed by atoms with Gasteiger partial charge in [0, 0.05) is 31.6 Å². The molecule has 4 heteroatoms. The van der Waals surface area contributed by atoms with Gasteiger partial charge < -0.3 is 10.1 Å². The van der Waals surface area contributed by atoms with Crippen molar-refractivity contribution in [2.45, 2.75) is 25.3 Å². The normalized spacial score (nSPS) is 17.8. The first kappa shape index (κ1) is 12.6. The highest BCUT2D eigenvalue weighted by molar-refractivity contribution is 5.96. The van der Waals surface area contributed by atoms with Gasteiger partial charge in [-0.1, -0.05) is 18.2 Å². The fraction of sp³-hybridized carbons (Fsp3) is 0.429. The Morgan fingerprint density at radius 2 is 2.06 bits per heavy atom. The van der Waals surface area contributed by atoms with Crippen molar-refractivity contribution in [3.63, 3.8) is 0 Å². The van der Waals surface area contributed by atoms with Crippen molar-refractivity contribution < 1.29 is 9.53 Å². The Kier molecular flexibility index (Phi) is 3.63. The van der Waals surface area contributed by atoms with Gasteiger partial charge in [-0.05, 0) is 18.6 Å². The number of nitrogens with one attached hydrogen (secondary N) is 1. The monoisotopic (exact) mass is 244 g/mol. The number of benzene rings is 1. The first-order chi connectivity index (χ1) is 8.67. The van der Waals surface area contributed by atoms with Gasteiger partial charge in [-0.25, -0.2) is 0 Å². The summed E-state index contributed by atoms with van der Waals surface area (Å²) in [6, 6.07) is 9.60. The highest BCUT2D eigenvalue weighted by Gasteiger charge is 2.34. The zero-order chi connectivity index (χ0) is 13.0. The lowest BCUT2D eigenvalue weighted by Crippen LogP contribution is -2.51. The summed E-state index contributed by atoms with van der Waals surface area (Å²) in [4.78, 5) is 12.2. The topological polar surface area (TPSA) is 62.1 Å². The molecule has 2 rings (SSSR count). The molecule has 1 aromatic rings. The van der Waals surface area contributed by atoms with E-state index in [9.17, 15) is 10.1 Å². The van der Waals surface area contributed by atoms with Gasteiger partial charge in [0.25, 0.3) is 5.91 Å². The second-order valence-corrected chi connectivity index (χ2v) is 4.58. The third-order valence-corrected chi connectivity index (χ3v) is 3.30. The first-order valence-corrected chi connectivity index (χ1v) is 6.04. The van der Waals surface area contributed by atoms with Crippen LogP contribution in [-0.4, -0.2) is 24.7 Å². The standard InChI is InChI=1S/C14H16N2O2/c1-11-4-2-3-5-12(11)13(17)16-14(10-15)6-8-18-9-7-14/h2-5H,6-9H2,1H3,(H,16,17). The summed E-state index contributed by atoms with van der Waals surface area (Å²) in [6.07, 6.45) is 1.09. The molecule has 94 valence electrons. The Morgan fingerprint density at radius 1 is 1.39 bits per heavy atom. The molecule has 1 amide bonds. The Balaban J connectivity index is 2.16. The van der Waals surface area contributed by atoms with E-state index in [-0.39, 0.29) is 5.91 Å². The van der Waals surface area contributed by atoms with Crippen LogP contribution in [0.25, 0.3) is 0 Å². The average molecular weight is 244 g/mol. The summed E-state index contributed by atoms with van der Waals surface area (Å²) in [5.41, 5.74) is 0.756. The van der Waals surface area contributed by atoms with E-state index in [1.807, 2.05) is 25.1 Å². The third kappa shape index (κ3) is 2.52. The molecule has 1 fully saturated rings. The molecule has 0 radical (unpaired) electrons. The third-order valence-electron chi connectivity index (χ3n) is 3.30. The Hall–Kier alpha value is -1.86. The van der Waals surface area contributed by atoms with E-state index >= 15 is 0 Å². The van der Waals surface area contributed by atoms with Crippen molar-refractivity contribution in [1.29, 1.82) is 5.26 Å². The number of nitrogens with zero attached hydrogens (tertiary/aromatic N) is 1. The van der Waals surface area contributed by atoms with E-state index in [1.165, 1.54) is 0 Å². The highest BCUT2D eigenvalue weighted by atomic mass is 16.5. The van der Waals surface area contributed by atoms with Crippen molar-refractivity contribution in [1.82, 2.24) is 5.32 Å². The van der Waals surface area contributed by atoms with Crippen LogP contribution in [0.1, 0.15) is 28.8 Å². The molecule has 1 aliphatic heterocycles. The van der Waals surface area contributed by atoms with E-state index in [0.717, 1.165) is 5.56 Å². The van der Waals surface area contributed by atoms with E-state index in [1.54, 1.807) is 6.07 Å². The Morgan fingerprint density at radius 3 is 2.67 bits per heavy atom. The maximum absolute atomic E-state index is 12.2. The maximum Gasteiger partial charge on any atom is 0.252 e. The lowest BCUT2D eigenvalue weighted by Gasteiger charge is -2.31. The van der Waals surface area contributed by atoms with Gasteiger partial charge in [0.05, 0.1) is 6.07 Å². The van der Waals surface area contributed by atoms with Crippen molar-refractivity contribution in [2.75, 3.05) is 13.2 Å². The van der Waals surface area contributed by atoms with Crippen LogP contribution >= 0.6 is 0 Å². The number of ether oxygens (including phenoxy) is 1. The van der Waals surface area contributed by atoms with Gasteiger partial charge in [0.15, 0.2) is 0 Å². The number of aryl methyl sites for hydroxylation is 1. The van der Waals surface area contributed by atoms with Gasteiger partial charge >= 0.3 is 0 Å². The molecule has 1 aliphatic rings. The summed E-state index contributed by atoms with van der Waals surface area (Å²) in [5.74, 6) is -0.184. The van der Waals surface area contributed by atoms with Crippen molar-refractivity contribution in [3.05, 3.63) is 35.4 Å². The molecule has 1 N–H and O–H groups in total. The number of amides is 1. The zero-order valence-electron chi connectivity index (χ0n) is 10.4. The fourth-order valence-corrected chi connectivity index (χ4v) is 2.10. The molecule has 18 heavy (non-hydrogen) atoms. The molecule has 0 atom stereocenters. The number of nitriles is 1. The van der Waals surface area contributed by atoms with Crippen LogP contribution in [0.3, 0.4) is 0 Å². The first-order valence-electron chi connectivity index (χ1n) is 6.04. The minimum Gasteiger partial charge on any atom is -0.381 e. The number of carbonyl (C=O) groups is 1. The van der Waals surface area contributed by atoms with Crippen molar-refractivity contribution in [2.24, 2.45) is 0 Å². The minimum atomic E-state index is -0.780. The van der Waals surface area contributed by atoms with Gasteiger partial charge in [-0.2, -0.15) is 5.26 Å². The molecule has 0 aromatic heterocycles. The van der Waals surface area contributed by atoms with Crippen LogP contribution in [0, 0.1) is 18.3 Å². The zero-order valence-corrected chi connectivity index (χ0v) is 10.4. The van der Waals surface area contributed by atoms with Crippen LogP contribution < -0.4 is 5.32 Å². The lowest BCUT2D eigenvalue weighted by molar-refractivity contribution is 0.0531. The summed E-state index contributed by atoms with van der Waals surface area (Å²) in [5, 5.41) is 12.1. The lowest BCUT2D eigenvalue weighted by atomic mass is 9.91. The van der Waals surface area contributed by atoms with Crippen LogP contribution in [-0.2, 0) is 4.74 Å². The largest absolute Gasteiger partial charge is 0.381 e. The number of hydrogen-bond donors (Lipinski definition) is 1. The molecular formula is C14H16N2O2. The molecule has 1 heterocycles. The van der Waals surface area contributed by atoms with E-state index in [4.69, 9.17) is 4.74 Å². The minimum absolute atomic E-state index is 0.184. The number of rotatable bonds is 2. The summed E-state index contributed by atoms with van der Waals surface area (Å²) in [7, 11) is 0. The summed E-state index contributed by atoms with van der Waals surface area (Å²) < 4.78 is 5.24. The predicted molar refractivity (Wildman–Crippen MR) is 67.0 cm³/mol. The van der Waals surface area contributed by atoms with Gasteiger partial charge in [0.2, 0.25) is 0 Å². The van der Waals surface area contributed by atoms with Crippen LogP contribution in [0.2, 0.25) is 0 Å². The Bertz CT molecular complexity index is 485. The predicted octanol–water partition coefficient (Wildman–Crippen LogP) is 1.80.